The van der Waals surface area contributed by atoms with E-state index in [0.29, 0.717) is 5.69 Å². The maximum Gasteiger partial charge on any atom is 0.341 e. The third kappa shape index (κ3) is 1.50. The molecule has 2 heterocycles. The number of aromatic nitrogens is 3. The molecule has 78 valence electrons. The highest BCUT2D eigenvalue weighted by Crippen LogP contribution is 2.24. The van der Waals surface area contributed by atoms with Crippen molar-refractivity contribution in [2.45, 2.75) is 6.92 Å². The number of carboxylic acid groups (broad SMARTS) is 1. The van der Waals surface area contributed by atoms with Crippen molar-refractivity contribution in [3.05, 3.63) is 23.5 Å². The summed E-state index contributed by atoms with van der Waals surface area (Å²) >= 11 is 0. The summed E-state index contributed by atoms with van der Waals surface area (Å²) in [6.07, 6.45) is 2.95. The van der Waals surface area contributed by atoms with E-state index in [4.69, 9.17) is 9.63 Å². The van der Waals surface area contributed by atoms with Crippen LogP contribution in [-0.4, -0.2) is 26.0 Å². The minimum Gasteiger partial charge on any atom is -0.477 e. The van der Waals surface area contributed by atoms with Crippen LogP contribution in [0.2, 0.25) is 0 Å². The Balaban J connectivity index is 2.58. The SMILES string of the molecule is Cc1cn(C)nc1-c1oncc1C(=O)O. The van der Waals surface area contributed by atoms with E-state index in [9.17, 15) is 4.79 Å². The van der Waals surface area contributed by atoms with Crippen LogP contribution in [0, 0.1) is 6.92 Å². The van der Waals surface area contributed by atoms with Crippen LogP contribution in [0.15, 0.2) is 16.9 Å². The molecule has 0 spiro atoms. The van der Waals surface area contributed by atoms with Crippen LogP contribution in [0.1, 0.15) is 15.9 Å². The summed E-state index contributed by atoms with van der Waals surface area (Å²) in [4.78, 5) is 10.8. The summed E-state index contributed by atoms with van der Waals surface area (Å²) in [6, 6.07) is 0. The summed E-state index contributed by atoms with van der Waals surface area (Å²) in [5.74, 6) is -0.878. The standard InChI is InChI=1S/C9H9N3O3/c1-5-4-12(2)11-7(5)8-6(9(13)14)3-10-15-8/h3-4H,1-2H3,(H,13,14). The van der Waals surface area contributed by atoms with E-state index in [2.05, 4.69) is 10.3 Å². The zero-order valence-electron chi connectivity index (χ0n) is 8.26. The van der Waals surface area contributed by atoms with Gasteiger partial charge in [0.15, 0.2) is 0 Å². The van der Waals surface area contributed by atoms with Gasteiger partial charge in [-0.25, -0.2) is 4.79 Å². The van der Waals surface area contributed by atoms with Gasteiger partial charge in [-0.1, -0.05) is 5.16 Å². The van der Waals surface area contributed by atoms with E-state index in [-0.39, 0.29) is 11.3 Å². The second-order valence-electron chi connectivity index (χ2n) is 3.21. The quantitative estimate of drug-likeness (QED) is 0.796. The largest absolute Gasteiger partial charge is 0.477 e. The molecule has 0 aliphatic rings. The monoisotopic (exact) mass is 207 g/mol. The van der Waals surface area contributed by atoms with Crippen molar-refractivity contribution in [1.82, 2.24) is 14.9 Å². The second-order valence-corrected chi connectivity index (χ2v) is 3.21. The molecule has 0 bridgehead atoms. The fourth-order valence-corrected chi connectivity index (χ4v) is 1.39. The molecule has 15 heavy (non-hydrogen) atoms. The molecule has 0 aliphatic carbocycles. The van der Waals surface area contributed by atoms with Gasteiger partial charge in [0, 0.05) is 13.2 Å². The summed E-state index contributed by atoms with van der Waals surface area (Å²) in [5.41, 5.74) is 1.38. The zero-order chi connectivity index (χ0) is 11.0. The molecular formula is C9H9N3O3. The lowest BCUT2D eigenvalue weighted by Gasteiger charge is -1.93. The molecule has 0 fully saturated rings. The fraction of sp³-hybridized carbons (Fsp3) is 0.222. The number of carbonyl (C=O) groups is 1. The van der Waals surface area contributed by atoms with Crippen molar-refractivity contribution in [2.24, 2.45) is 7.05 Å². The lowest BCUT2D eigenvalue weighted by Crippen LogP contribution is -1.97. The van der Waals surface area contributed by atoms with Crippen molar-refractivity contribution in [3.8, 4) is 11.5 Å². The Morgan fingerprint density at radius 1 is 1.60 bits per heavy atom. The van der Waals surface area contributed by atoms with Gasteiger partial charge in [0.2, 0.25) is 5.76 Å². The molecule has 0 radical (unpaired) electrons. The Morgan fingerprint density at radius 3 is 2.87 bits per heavy atom. The van der Waals surface area contributed by atoms with Gasteiger partial charge in [0.05, 0.1) is 6.20 Å². The van der Waals surface area contributed by atoms with Gasteiger partial charge < -0.3 is 9.63 Å². The normalized spacial score (nSPS) is 10.5. The highest BCUT2D eigenvalue weighted by molar-refractivity contribution is 5.93. The summed E-state index contributed by atoms with van der Waals surface area (Å²) in [7, 11) is 1.76. The Labute approximate surface area is 85.1 Å². The van der Waals surface area contributed by atoms with Crippen LogP contribution in [0.4, 0.5) is 0 Å². The van der Waals surface area contributed by atoms with Crippen LogP contribution < -0.4 is 0 Å². The number of aromatic carboxylic acids is 1. The smallest absolute Gasteiger partial charge is 0.341 e. The Hall–Kier alpha value is -2.11. The van der Waals surface area contributed by atoms with Gasteiger partial charge in [0.1, 0.15) is 11.3 Å². The first-order valence-electron chi connectivity index (χ1n) is 4.28. The fourth-order valence-electron chi connectivity index (χ4n) is 1.39. The third-order valence-corrected chi connectivity index (χ3v) is 2.03. The minimum atomic E-state index is -1.07. The molecular weight excluding hydrogens is 198 g/mol. The van der Waals surface area contributed by atoms with Gasteiger partial charge in [-0.3, -0.25) is 4.68 Å². The molecule has 0 saturated heterocycles. The topological polar surface area (TPSA) is 81.2 Å². The van der Waals surface area contributed by atoms with E-state index >= 15 is 0 Å². The molecule has 0 amide bonds. The number of nitrogens with zero attached hydrogens (tertiary/aromatic N) is 3. The number of carboxylic acids is 1. The van der Waals surface area contributed by atoms with Gasteiger partial charge in [0.25, 0.3) is 0 Å². The molecule has 0 aliphatic heterocycles. The minimum absolute atomic E-state index is 0.0248. The molecule has 0 atom stereocenters. The molecule has 6 heteroatoms. The molecule has 0 aromatic carbocycles. The molecule has 0 saturated carbocycles. The highest BCUT2D eigenvalue weighted by Gasteiger charge is 2.20. The number of rotatable bonds is 2. The van der Waals surface area contributed by atoms with Crippen LogP contribution in [-0.2, 0) is 7.05 Å². The molecule has 2 aromatic rings. The number of hydrogen-bond donors (Lipinski definition) is 1. The first kappa shape index (κ1) is 9.45. The highest BCUT2D eigenvalue weighted by atomic mass is 16.5. The number of hydrogen-bond acceptors (Lipinski definition) is 4. The van der Waals surface area contributed by atoms with Crippen molar-refractivity contribution < 1.29 is 14.4 Å². The first-order valence-corrected chi connectivity index (χ1v) is 4.28. The summed E-state index contributed by atoms with van der Waals surface area (Å²) in [6.45, 7) is 1.83. The van der Waals surface area contributed by atoms with E-state index in [1.54, 1.807) is 17.9 Å². The molecule has 2 aromatic heterocycles. The molecule has 2 rings (SSSR count). The number of aryl methyl sites for hydroxylation is 2. The van der Waals surface area contributed by atoms with E-state index < -0.39 is 5.97 Å². The summed E-state index contributed by atoms with van der Waals surface area (Å²) in [5, 5.41) is 16.5. The maximum atomic E-state index is 10.8. The van der Waals surface area contributed by atoms with Crippen LogP contribution in [0.25, 0.3) is 11.5 Å². The van der Waals surface area contributed by atoms with Gasteiger partial charge in [-0.2, -0.15) is 5.10 Å². The van der Waals surface area contributed by atoms with Crippen molar-refractivity contribution in [3.63, 3.8) is 0 Å². The van der Waals surface area contributed by atoms with Gasteiger partial charge in [-0.15, -0.1) is 0 Å². The molecule has 6 nitrogen and oxygen atoms in total. The average molecular weight is 207 g/mol. The van der Waals surface area contributed by atoms with Crippen molar-refractivity contribution >= 4 is 5.97 Å². The Bertz CT molecular complexity index is 512. The second kappa shape index (κ2) is 3.23. The Kier molecular flexibility index (Phi) is 2.03. The summed E-state index contributed by atoms with van der Waals surface area (Å²) < 4.78 is 6.50. The molecule has 0 unspecified atom stereocenters. The van der Waals surface area contributed by atoms with Crippen LogP contribution >= 0.6 is 0 Å². The lowest BCUT2D eigenvalue weighted by atomic mass is 10.1. The van der Waals surface area contributed by atoms with Crippen LogP contribution in [0.5, 0.6) is 0 Å². The van der Waals surface area contributed by atoms with E-state index in [1.807, 2.05) is 6.92 Å². The van der Waals surface area contributed by atoms with Crippen molar-refractivity contribution in [1.29, 1.82) is 0 Å². The van der Waals surface area contributed by atoms with E-state index in [1.165, 1.54) is 6.20 Å². The first-order chi connectivity index (χ1) is 7.09. The molecule has 1 N–H and O–H groups in total. The van der Waals surface area contributed by atoms with Crippen molar-refractivity contribution in [2.75, 3.05) is 0 Å². The average Bonchev–Trinajstić information content (AvgIpc) is 2.71. The predicted molar refractivity (Wildman–Crippen MR) is 50.4 cm³/mol. The maximum absolute atomic E-state index is 10.8. The zero-order valence-corrected chi connectivity index (χ0v) is 8.26. The van der Waals surface area contributed by atoms with E-state index in [0.717, 1.165) is 5.56 Å². The lowest BCUT2D eigenvalue weighted by molar-refractivity contribution is 0.0697. The van der Waals surface area contributed by atoms with Gasteiger partial charge in [-0.05, 0) is 12.5 Å². The van der Waals surface area contributed by atoms with Gasteiger partial charge >= 0.3 is 5.97 Å². The Morgan fingerprint density at radius 2 is 2.33 bits per heavy atom. The predicted octanol–water partition coefficient (Wildman–Crippen LogP) is 1.08. The third-order valence-electron chi connectivity index (χ3n) is 2.03. The van der Waals surface area contributed by atoms with Crippen LogP contribution in [0.3, 0.4) is 0 Å².